The fourth-order valence-corrected chi connectivity index (χ4v) is 2.53. The first-order valence-electron chi connectivity index (χ1n) is 5.61. The van der Waals surface area contributed by atoms with E-state index in [4.69, 9.17) is 5.73 Å². The van der Waals surface area contributed by atoms with Crippen molar-refractivity contribution in [2.45, 2.75) is 52.1 Å². The van der Waals surface area contributed by atoms with E-state index >= 15 is 0 Å². The molecule has 1 saturated heterocycles. The van der Waals surface area contributed by atoms with Gasteiger partial charge in [0.25, 0.3) is 0 Å². The predicted molar refractivity (Wildman–Crippen MR) is 57.7 cm³/mol. The van der Waals surface area contributed by atoms with E-state index in [2.05, 4.69) is 25.7 Å². The summed E-state index contributed by atoms with van der Waals surface area (Å²) in [4.78, 5) is 2.64. The van der Waals surface area contributed by atoms with Crippen LogP contribution < -0.4 is 5.73 Å². The number of hydrogen-bond acceptors (Lipinski definition) is 2. The monoisotopic (exact) mass is 184 g/mol. The van der Waals surface area contributed by atoms with Crippen LogP contribution in [-0.2, 0) is 0 Å². The van der Waals surface area contributed by atoms with Crippen LogP contribution in [0.2, 0.25) is 0 Å². The van der Waals surface area contributed by atoms with Gasteiger partial charge in [-0.2, -0.15) is 0 Å². The van der Waals surface area contributed by atoms with Crippen LogP contribution in [-0.4, -0.2) is 30.1 Å². The van der Waals surface area contributed by atoms with Crippen LogP contribution in [0, 0.1) is 5.92 Å². The quantitative estimate of drug-likeness (QED) is 0.722. The van der Waals surface area contributed by atoms with Gasteiger partial charge in [0.2, 0.25) is 0 Å². The molecule has 0 aromatic rings. The third kappa shape index (κ3) is 2.96. The first-order valence-corrected chi connectivity index (χ1v) is 5.61. The lowest BCUT2D eigenvalue weighted by molar-refractivity contribution is 0.189. The van der Waals surface area contributed by atoms with Crippen molar-refractivity contribution in [1.82, 2.24) is 4.90 Å². The smallest absolute Gasteiger partial charge is 0.00728 e. The molecule has 3 atom stereocenters. The van der Waals surface area contributed by atoms with Gasteiger partial charge in [-0.15, -0.1) is 0 Å². The molecule has 0 amide bonds. The van der Waals surface area contributed by atoms with Crippen LogP contribution in [0.25, 0.3) is 0 Å². The van der Waals surface area contributed by atoms with E-state index in [0.717, 1.165) is 24.5 Å². The molecule has 0 spiro atoms. The Balaban J connectivity index is 2.33. The molecule has 1 fully saturated rings. The molecule has 0 radical (unpaired) electrons. The zero-order valence-electron chi connectivity index (χ0n) is 9.29. The maximum Gasteiger partial charge on any atom is 0.00728 e. The zero-order valence-corrected chi connectivity index (χ0v) is 9.29. The maximum absolute atomic E-state index is 5.52. The third-order valence-corrected chi connectivity index (χ3v) is 3.22. The average Bonchev–Trinajstić information content (AvgIpc) is 2.41. The van der Waals surface area contributed by atoms with Crippen LogP contribution in [0.5, 0.6) is 0 Å². The number of likely N-dealkylation sites (tertiary alicyclic amines) is 1. The first-order chi connectivity index (χ1) is 6.15. The summed E-state index contributed by atoms with van der Waals surface area (Å²) in [6.07, 6.45) is 3.79. The van der Waals surface area contributed by atoms with Crippen LogP contribution in [0.3, 0.4) is 0 Å². The van der Waals surface area contributed by atoms with E-state index in [0.29, 0.717) is 0 Å². The summed E-state index contributed by atoms with van der Waals surface area (Å²) in [5.74, 6) is 0.885. The molecule has 0 aromatic heterocycles. The highest BCUT2D eigenvalue weighted by Gasteiger charge is 2.28. The van der Waals surface area contributed by atoms with Crippen molar-refractivity contribution in [1.29, 1.82) is 0 Å². The Morgan fingerprint density at radius 1 is 1.46 bits per heavy atom. The summed E-state index contributed by atoms with van der Waals surface area (Å²) in [7, 11) is 0. The SMILES string of the molecule is CC1CC(C)N(C(C)CCCN)C1. The molecule has 13 heavy (non-hydrogen) atoms. The van der Waals surface area contributed by atoms with Gasteiger partial charge in [0.05, 0.1) is 0 Å². The summed E-state index contributed by atoms with van der Waals surface area (Å²) in [6, 6.07) is 1.51. The summed E-state index contributed by atoms with van der Waals surface area (Å²) in [6.45, 7) is 9.16. The Hall–Kier alpha value is -0.0800. The van der Waals surface area contributed by atoms with Crippen LogP contribution in [0.1, 0.15) is 40.0 Å². The Labute approximate surface area is 82.5 Å². The van der Waals surface area contributed by atoms with Gasteiger partial charge >= 0.3 is 0 Å². The van der Waals surface area contributed by atoms with E-state index < -0.39 is 0 Å². The van der Waals surface area contributed by atoms with Gasteiger partial charge in [0, 0.05) is 18.6 Å². The Morgan fingerprint density at radius 2 is 2.15 bits per heavy atom. The second-order valence-corrected chi connectivity index (χ2v) is 4.67. The van der Waals surface area contributed by atoms with Crippen LogP contribution in [0.4, 0.5) is 0 Å². The Kier molecular flexibility index (Phi) is 4.20. The Morgan fingerprint density at radius 3 is 2.62 bits per heavy atom. The molecule has 1 rings (SSSR count). The summed E-state index contributed by atoms with van der Waals surface area (Å²) in [5.41, 5.74) is 5.52. The van der Waals surface area contributed by atoms with Crippen molar-refractivity contribution >= 4 is 0 Å². The first kappa shape index (κ1) is 11.0. The molecular formula is C11H24N2. The minimum Gasteiger partial charge on any atom is -0.330 e. The average molecular weight is 184 g/mol. The van der Waals surface area contributed by atoms with Crippen LogP contribution >= 0.6 is 0 Å². The van der Waals surface area contributed by atoms with Crippen molar-refractivity contribution < 1.29 is 0 Å². The molecule has 3 unspecified atom stereocenters. The maximum atomic E-state index is 5.52. The highest BCUT2D eigenvalue weighted by atomic mass is 15.2. The van der Waals surface area contributed by atoms with E-state index in [1.165, 1.54) is 25.8 Å². The number of rotatable bonds is 4. The molecule has 1 heterocycles. The fourth-order valence-electron chi connectivity index (χ4n) is 2.53. The van der Waals surface area contributed by atoms with Gasteiger partial charge < -0.3 is 5.73 Å². The normalized spacial score (nSPS) is 32.3. The molecule has 0 aliphatic carbocycles. The highest BCUT2D eigenvalue weighted by molar-refractivity contribution is 4.83. The summed E-state index contributed by atoms with van der Waals surface area (Å²) >= 11 is 0. The highest BCUT2D eigenvalue weighted by Crippen LogP contribution is 2.25. The second-order valence-electron chi connectivity index (χ2n) is 4.67. The number of hydrogen-bond donors (Lipinski definition) is 1. The third-order valence-electron chi connectivity index (χ3n) is 3.22. The van der Waals surface area contributed by atoms with Crippen molar-refractivity contribution in [2.24, 2.45) is 11.7 Å². The van der Waals surface area contributed by atoms with Gasteiger partial charge in [-0.25, -0.2) is 0 Å². The van der Waals surface area contributed by atoms with Gasteiger partial charge in [0.15, 0.2) is 0 Å². The standard InChI is InChI=1S/C11H24N2/c1-9-7-11(3)13(8-9)10(2)5-4-6-12/h9-11H,4-8,12H2,1-3H3. The molecule has 2 nitrogen and oxygen atoms in total. The van der Waals surface area contributed by atoms with Crippen molar-refractivity contribution in [3.8, 4) is 0 Å². The van der Waals surface area contributed by atoms with Crippen LogP contribution in [0.15, 0.2) is 0 Å². The van der Waals surface area contributed by atoms with Crippen molar-refractivity contribution in [3.63, 3.8) is 0 Å². The van der Waals surface area contributed by atoms with E-state index in [1.54, 1.807) is 0 Å². The lowest BCUT2D eigenvalue weighted by atomic mass is 10.1. The summed E-state index contributed by atoms with van der Waals surface area (Å²) < 4.78 is 0. The van der Waals surface area contributed by atoms with E-state index in [9.17, 15) is 0 Å². The van der Waals surface area contributed by atoms with Gasteiger partial charge in [-0.1, -0.05) is 6.92 Å². The van der Waals surface area contributed by atoms with Crippen molar-refractivity contribution in [2.75, 3.05) is 13.1 Å². The van der Waals surface area contributed by atoms with Crippen molar-refractivity contribution in [3.05, 3.63) is 0 Å². The van der Waals surface area contributed by atoms with Gasteiger partial charge in [-0.3, -0.25) is 4.90 Å². The molecule has 2 N–H and O–H groups in total. The molecule has 1 aliphatic heterocycles. The molecule has 0 saturated carbocycles. The molecule has 0 bridgehead atoms. The molecule has 2 heteroatoms. The summed E-state index contributed by atoms with van der Waals surface area (Å²) in [5, 5.41) is 0. The fraction of sp³-hybridized carbons (Fsp3) is 1.00. The van der Waals surface area contributed by atoms with Gasteiger partial charge in [-0.05, 0) is 45.6 Å². The topological polar surface area (TPSA) is 29.3 Å². The molecular weight excluding hydrogens is 160 g/mol. The minimum atomic E-state index is 0.725. The predicted octanol–water partition coefficient (Wildman–Crippen LogP) is 1.84. The van der Waals surface area contributed by atoms with E-state index in [1.807, 2.05) is 0 Å². The molecule has 0 aromatic carbocycles. The van der Waals surface area contributed by atoms with Gasteiger partial charge in [0.1, 0.15) is 0 Å². The molecule has 78 valence electrons. The largest absolute Gasteiger partial charge is 0.330 e. The lowest BCUT2D eigenvalue weighted by Crippen LogP contribution is -2.36. The number of nitrogens with two attached hydrogens (primary N) is 1. The molecule has 1 aliphatic rings. The minimum absolute atomic E-state index is 0.725. The zero-order chi connectivity index (χ0) is 9.84. The lowest BCUT2D eigenvalue weighted by Gasteiger charge is -2.28. The Bertz CT molecular complexity index is 147. The van der Waals surface area contributed by atoms with E-state index in [-0.39, 0.29) is 0 Å². The number of nitrogens with zero attached hydrogens (tertiary/aromatic N) is 1. The second kappa shape index (κ2) is 4.97.